The Morgan fingerprint density at radius 1 is 1.18 bits per heavy atom. The second kappa shape index (κ2) is 5.44. The molecule has 22 heavy (non-hydrogen) atoms. The maximum atomic E-state index is 12.4. The van der Waals surface area contributed by atoms with Gasteiger partial charge in [-0.2, -0.15) is 0 Å². The highest BCUT2D eigenvalue weighted by Gasteiger charge is 2.15. The molecule has 0 spiro atoms. The van der Waals surface area contributed by atoms with E-state index < -0.39 is 0 Å². The van der Waals surface area contributed by atoms with Crippen molar-refractivity contribution in [3.05, 3.63) is 60.0 Å². The van der Waals surface area contributed by atoms with E-state index in [4.69, 9.17) is 0 Å². The minimum Gasteiger partial charge on any atom is -0.346 e. The van der Waals surface area contributed by atoms with Crippen LogP contribution >= 0.6 is 0 Å². The van der Waals surface area contributed by atoms with Gasteiger partial charge in [-0.1, -0.05) is 18.2 Å². The molecule has 5 nitrogen and oxygen atoms in total. The number of Topliss-reactive ketones (excluding diaryl/α,β-unsaturated/α-hetero) is 1. The lowest BCUT2D eigenvalue weighted by atomic mass is 10.2. The number of amides is 1. The molecule has 0 saturated heterocycles. The molecular weight excluding hydrogens is 278 g/mol. The fraction of sp³-hybridized carbons (Fsp3) is 0.118. The van der Waals surface area contributed by atoms with Gasteiger partial charge in [0.25, 0.3) is 5.91 Å². The van der Waals surface area contributed by atoms with Gasteiger partial charge in [-0.05, 0) is 25.1 Å². The van der Waals surface area contributed by atoms with Gasteiger partial charge < -0.3 is 9.88 Å². The van der Waals surface area contributed by atoms with Crippen LogP contribution in [0.4, 0.5) is 5.69 Å². The molecule has 0 aliphatic carbocycles. The van der Waals surface area contributed by atoms with Crippen molar-refractivity contribution in [2.24, 2.45) is 7.05 Å². The van der Waals surface area contributed by atoms with Crippen molar-refractivity contribution in [3.63, 3.8) is 0 Å². The molecule has 2 heterocycles. The van der Waals surface area contributed by atoms with Gasteiger partial charge in [0.2, 0.25) is 0 Å². The molecule has 0 aliphatic heterocycles. The van der Waals surface area contributed by atoms with Gasteiger partial charge >= 0.3 is 0 Å². The summed E-state index contributed by atoms with van der Waals surface area (Å²) in [5.74, 6) is -0.338. The average molecular weight is 293 g/mol. The molecule has 0 aliphatic rings. The van der Waals surface area contributed by atoms with Gasteiger partial charge in [-0.25, -0.2) is 0 Å². The highest BCUT2D eigenvalue weighted by molar-refractivity contribution is 6.08. The lowest BCUT2D eigenvalue weighted by molar-refractivity contribution is 0.101. The molecule has 0 unspecified atom stereocenters. The number of rotatable bonds is 3. The number of aryl methyl sites for hydroxylation is 1. The fourth-order valence-corrected chi connectivity index (χ4v) is 2.37. The average Bonchev–Trinajstić information content (AvgIpc) is 2.90. The standard InChI is InChI=1S/C17H15N3O2/c1-11(21)13-9-15(20(2)10-13)17(22)19-14-7-3-5-12-6-4-8-18-16(12)14/h3-10H,1-2H3,(H,19,22). The zero-order valence-electron chi connectivity index (χ0n) is 12.3. The predicted octanol–water partition coefficient (Wildman–Crippen LogP) is 3.03. The number of benzene rings is 1. The second-order valence-electron chi connectivity index (χ2n) is 5.12. The van der Waals surface area contributed by atoms with Crippen LogP contribution in [-0.4, -0.2) is 21.2 Å². The Hall–Kier alpha value is -2.95. The monoisotopic (exact) mass is 293 g/mol. The molecule has 0 atom stereocenters. The van der Waals surface area contributed by atoms with E-state index in [-0.39, 0.29) is 11.7 Å². The van der Waals surface area contributed by atoms with Crippen LogP contribution in [0.1, 0.15) is 27.8 Å². The molecule has 0 saturated carbocycles. The van der Waals surface area contributed by atoms with E-state index >= 15 is 0 Å². The molecule has 3 aromatic rings. The molecule has 1 N–H and O–H groups in total. The Morgan fingerprint density at radius 3 is 2.68 bits per heavy atom. The number of hydrogen-bond donors (Lipinski definition) is 1. The first-order valence-electron chi connectivity index (χ1n) is 6.88. The summed E-state index contributed by atoms with van der Waals surface area (Å²) in [6.07, 6.45) is 3.34. The summed E-state index contributed by atoms with van der Waals surface area (Å²) in [7, 11) is 1.74. The molecule has 2 aromatic heterocycles. The van der Waals surface area contributed by atoms with E-state index in [1.165, 1.54) is 6.92 Å². The summed E-state index contributed by atoms with van der Waals surface area (Å²) in [5, 5.41) is 3.82. The van der Waals surface area contributed by atoms with Crippen LogP contribution in [0.5, 0.6) is 0 Å². The summed E-state index contributed by atoms with van der Waals surface area (Å²) in [4.78, 5) is 28.2. The van der Waals surface area contributed by atoms with Crippen molar-refractivity contribution in [3.8, 4) is 0 Å². The summed E-state index contributed by atoms with van der Waals surface area (Å²) < 4.78 is 1.64. The van der Waals surface area contributed by atoms with E-state index in [1.807, 2.05) is 30.3 Å². The van der Waals surface area contributed by atoms with Crippen LogP contribution < -0.4 is 5.32 Å². The van der Waals surface area contributed by atoms with Crippen LogP contribution in [0.15, 0.2) is 48.8 Å². The van der Waals surface area contributed by atoms with Gasteiger partial charge in [0.05, 0.1) is 11.2 Å². The molecule has 0 bridgehead atoms. The van der Waals surface area contributed by atoms with Crippen molar-refractivity contribution in [2.45, 2.75) is 6.92 Å². The fourth-order valence-electron chi connectivity index (χ4n) is 2.37. The van der Waals surface area contributed by atoms with Crippen LogP contribution in [0.25, 0.3) is 10.9 Å². The zero-order chi connectivity index (χ0) is 15.7. The Morgan fingerprint density at radius 2 is 1.95 bits per heavy atom. The highest BCUT2D eigenvalue weighted by Crippen LogP contribution is 2.21. The van der Waals surface area contributed by atoms with Crippen molar-refractivity contribution in [1.29, 1.82) is 0 Å². The second-order valence-corrected chi connectivity index (χ2v) is 5.12. The summed E-state index contributed by atoms with van der Waals surface area (Å²) in [6, 6.07) is 11.0. The minimum atomic E-state index is -0.270. The Kier molecular flexibility index (Phi) is 3.47. The minimum absolute atomic E-state index is 0.0681. The summed E-state index contributed by atoms with van der Waals surface area (Å²) in [6.45, 7) is 1.48. The van der Waals surface area contributed by atoms with Gasteiger partial charge in [-0.3, -0.25) is 14.6 Å². The molecular formula is C17H15N3O2. The van der Waals surface area contributed by atoms with Gasteiger partial charge in [0, 0.05) is 30.4 Å². The SMILES string of the molecule is CC(=O)c1cc(C(=O)Nc2cccc3cccnc23)n(C)c1. The number of carbonyl (C=O) groups excluding carboxylic acids is 2. The van der Waals surface area contributed by atoms with Crippen LogP contribution in [0, 0.1) is 0 Å². The summed E-state index contributed by atoms with van der Waals surface area (Å²) in [5.41, 5.74) is 2.33. The number of para-hydroxylation sites is 1. The van der Waals surface area contributed by atoms with Crippen LogP contribution in [-0.2, 0) is 7.05 Å². The van der Waals surface area contributed by atoms with Gasteiger partial charge in [-0.15, -0.1) is 0 Å². The Balaban J connectivity index is 1.95. The highest BCUT2D eigenvalue weighted by atomic mass is 16.2. The van der Waals surface area contributed by atoms with E-state index in [0.717, 1.165) is 10.9 Å². The molecule has 1 aromatic carbocycles. The maximum Gasteiger partial charge on any atom is 0.272 e. The van der Waals surface area contributed by atoms with E-state index in [1.54, 1.807) is 30.1 Å². The maximum absolute atomic E-state index is 12.4. The number of fused-ring (bicyclic) bond motifs is 1. The van der Waals surface area contributed by atoms with Gasteiger partial charge in [0.15, 0.2) is 5.78 Å². The number of nitrogens with zero attached hydrogens (tertiary/aromatic N) is 2. The first kappa shape index (κ1) is 14.0. The molecule has 0 radical (unpaired) electrons. The first-order chi connectivity index (χ1) is 10.6. The number of ketones is 1. The van der Waals surface area contributed by atoms with Crippen molar-refractivity contribution in [1.82, 2.24) is 9.55 Å². The number of hydrogen-bond acceptors (Lipinski definition) is 3. The normalized spacial score (nSPS) is 10.6. The number of carbonyl (C=O) groups is 2. The van der Waals surface area contributed by atoms with E-state index in [2.05, 4.69) is 10.3 Å². The molecule has 1 amide bonds. The van der Waals surface area contributed by atoms with Gasteiger partial charge in [0.1, 0.15) is 5.69 Å². The third-order valence-corrected chi connectivity index (χ3v) is 3.53. The third kappa shape index (κ3) is 2.48. The Labute approximate surface area is 127 Å². The number of aromatic nitrogens is 2. The van der Waals surface area contributed by atoms with Crippen molar-refractivity contribution >= 4 is 28.3 Å². The van der Waals surface area contributed by atoms with Crippen molar-refractivity contribution < 1.29 is 9.59 Å². The predicted molar refractivity (Wildman–Crippen MR) is 85.1 cm³/mol. The molecule has 110 valence electrons. The number of pyridine rings is 1. The Bertz CT molecular complexity index is 875. The molecule has 5 heteroatoms. The quantitative estimate of drug-likeness (QED) is 0.755. The van der Waals surface area contributed by atoms with Crippen LogP contribution in [0.3, 0.4) is 0 Å². The number of nitrogens with one attached hydrogen (secondary N) is 1. The topological polar surface area (TPSA) is 64.0 Å². The van der Waals surface area contributed by atoms with Crippen molar-refractivity contribution in [2.75, 3.05) is 5.32 Å². The van der Waals surface area contributed by atoms with E-state index in [0.29, 0.717) is 16.9 Å². The lowest BCUT2D eigenvalue weighted by Crippen LogP contribution is -2.15. The number of anilines is 1. The third-order valence-electron chi connectivity index (χ3n) is 3.53. The molecule has 0 fully saturated rings. The largest absolute Gasteiger partial charge is 0.346 e. The summed E-state index contributed by atoms with van der Waals surface area (Å²) >= 11 is 0. The zero-order valence-corrected chi connectivity index (χ0v) is 12.3. The molecule has 3 rings (SSSR count). The smallest absolute Gasteiger partial charge is 0.272 e. The van der Waals surface area contributed by atoms with E-state index in [9.17, 15) is 9.59 Å². The van der Waals surface area contributed by atoms with Crippen LogP contribution in [0.2, 0.25) is 0 Å². The lowest BCUT2D eigenvalue weighted by Gasteiger charge is -2.08. The first-order valence-corrected chi connectivity index (χ1v) is 6.88.